The van der Waals surface area contributed by atoms with E-state index in [0.717, 1.165) is 30.6 Å². The van der Waals surface area contributed by atoms with Crippen molar-refractivity contribution in [1.29, 1.82) is 0 Å². The number of carbonyl (C=O) groups is 1. The van der Waals surface area contributed by atoms with Gasteiger partial charge in [0.2, 0.25) is 5.89 Å². The van der Waals surface area contributed by atoms with Crippen LogP contribution in [0.25, 0.3) is 0 Å². The van der Waals surface area contributed by atoms with Crippen molar-refractivity contribution >= 4 is 17.5 Å². The maximum absolute atomic E-state index is 13.3. The Morgan fingerprint density at radius 2 is 2.00 bits per heavy atom. The summed E-state index contributed by atoms with van der Waals surface area (Å²) in [5.41, 5.74) is 1.66. The van der Waals surface area contributed by atoms with E-state index in [1.165, 1.54) is 0 Å². The molecule has 1 unspecified atom stereocenters. The molecule has 29 heavy (non-hydrogen) atoms. The van der Waals surface area contributed by atoms with E-state index in [2.05, 4.69) is 4.98 Å². The molecular formula is C23H23ClN2O3. The van der Waals surface area contributed by atoms with Crippen LogP contribution in [0.5, 0.6) is 5.75 Å². The van der Waals surface area contributed by atoms with Crippen LogP contribution in [0.15, 0.2) is 59.1 Å². The number of benzene rings is 2. The van der Waals surface area contributed by atoms with E-state index >= 15 is 0 Å². The Hall–Kier alpha value is -2.79. The summed E-state index contributed by atoms with van der Waals surface area (Å²) in [5.74, 6) is 1.90. The summed E-state index contributed by atoms with van der Waals surface area (Å²) >= 11 is 5.96. The Bertz CT molecular complexity index is 984. The molecule has 3 aromatic rings. The topological polar surface area (TPSA) is 55.6 Å². The quantitative estimate of drug-likeness (QED) is 0.573. The van der Waals surface area contributed by atoms with Crippen molar-refractivity contribution < 1.29 is 13.9 Å². The third-order valence-corrected chi connectivity index (χ3v) is 5.50. The molecule has 1 fully saturated rings. The van der Waals surface area contributed by atoms with E-state index in [9.17, 15) is 4.79 Å². The summed E-state index contributed by atoms with van der Waals surface area (Å²) in [7, 11) is 1.58. The fourth-order valence-corrected chi connectivity index (χ4v) is 3.90. The molecule has 0 saturated carbocycles. The highest BCUT2D eigenvalue weighted by atomic mass is 35.5. The number of aromatic nitrogens is 1. The minimum atomic E-state index is -0.167. The number of hydrogen-bond acceptors (Lipinski definition) is 4. The third-order valence-electron chi connectivity index (χ3n) is 5.25. The molecular weight excluding hydrogens is 388 g/mol. The molecule has 0 spiro atoms. The van der Waals surface area contributed by atoms with Crippen molar-refractivity contribution in [1.82, 2.24) is 9.88 Å². The van der Waals surface area contributed by atoms with Gasteiger partial charge in [0.05, 0.1) is 18.9 Å². The average Bonchev–Trinajstić information content (AvgIpc) is 3.23. The number of oxazole rings is 1. The summed E-state index contributed by atoms with van der Waals surface area (Å²) in [6.07, 6.45) is 5.23. The van der Waals surface area contributed by atoms with Gasteiger partial charge in [0.15, 0.2) is 0 Å². The second kappa shape index (κ2) is 8.70. The fourth-order valence-electron chi connectivity index (χ4n) is 3.77. The highest BCUT2D eigenvalue weighted by Gasteiger charge is 2.33. The molecule has 1 aromatic heterocycles. The van der Waals surface area contributed by atoms with Crippen LogP contribution in [0, 0.1) is 0 Å². The largest absolute Gasteiger partial charge is 0.496 e. The molecule has 0 bridgehead atoms. The molecule has 0 aliphatic carbocycles. The monoisotopic (exact) mass is 410 g/mol. The first-order valence-electron chi connectivity index (χ1n) is 9.78. The molecule has 1 aliphatic rings. The highest BCUT2D eigenvalue weighted by Crippen LogP contribution is 2.33. The molecule has 1 saturated heterocycles. The van der Waals surface area contributed by atoms with Gasteiger partial charge in [0, 0.05) is 18.0 Å². The third kappa shape index (κ3) is 4.30. The van der Waals surface area contributed by atoms with Crippen LogP contribution in [0.1, 0.15) is 52.9 Å². The summed E-state index contributed by atoms with van der Waals surface area (Å²) < 4.78 is 11.4. The minimum absolute atomic E-state index is 0.0513. The number of piperidine rings is 1. The van der Waals surface area contributed by atoms with Gasteiger partial charge in [-0.15, -0.1) is 0 Å². The lowest BCUT2D eigenvalue weighted by atomic mass is 10.0. The van der Waals surface area contributed by atoms with Gasteiger partial charge in [-0.3, -0.25) is 4.79 Å². The predicted molar refractivity (Wildman–Crippen MR) is 111 cm³/mol. The lowest BCUT2D eigenvalue weighted by Gasteiger charge is -2.34. The van der Waals surface area contributed by atoms with E-state index in [0.29, 0.717) is 35.2 Å². The van der Waals surface area contributed by atoms with Crippen molar-refractivity contribution in [2.24, 2.45) is 0 Å². The molecule has 1 atom stereocenters. The molecule has 5 nitrogen and oxygen atoms in total. The van der Waals surface area contributed by atoms with E-state index in [-0.39, 0.29) is 11.9 Å². The SMILES string of the molecule is COc1ccccc1C(=O)N1CCCCC1c1ncc(Cc2ccc(Cl)cc2)o1. The van der Waals surface area contributed by atoms with Gasteiger partial charge in [-0.1, -0.05) is 35.9 Å². The Morgan fingerprint density at radius 1 is 1.21 bits per heavy atom. The van der Waals surface area contributed by atoms with Gasteiger partial charge in [-0.25, -0.2) is 4.98 Å². The van der Waals surface area contributed by atoms with Gasteiger partial charge in [0.25, 0.3) is 5.91 Å². The molecule has 0 N–H and O–H groups in total. The summed E-state index contributed by atoms with van der Waals surface area (Å²) in [5, 5.41) is 0.708. The average molecular weight is 411 g/mol. The summed E-state index contributed by atoms with van der Waals surface area (Å²) in [6, 6.07) is 14.8. The van der Waals surface area contributed by atoms with Crippen molar-refractivity contribution in [3.63, 3.8) is 0 Å². The van der Waals surface area contributed by atoms with Crippen LogP contribution < -0.4 is 4.74 Å². The van der Waals surface area contributed by atoms with Crippen molar-refractivity contribution in [3.8, 4) is 5.75 Å². The van der Waals surface area contributed by atoms with Crippen molar-refractivity contribution in [2.75, 3.05) is 13.7 Å². The normalized spacial score (nSPS) is 16.6. The zero-order valence-corrected chi connectivity index (χ0v) is 17.1. The number of halogens is 1. The maximum atomic E-state index is 13.3. The Morgan fingerprint density at radius 3 is 2.79 bits per heavy atom. The minimum Gasteiger partial charge on any atom is -0.496 e. The van der Waals surface area contributed by atoms with Crippen LogP contribution in [0.4, 0.5) is 0 Å². The zero-order chi connectivity index (χ0) is 20.2. The van der Waals surface area contributed by atoms with E-state index in [4.69, 9.17) is 20.8 Å². The second-order valence-electron chi connectivity index (χ2n) is 7.18. The molecule has 4 rings (SSSR count). The first-order valence-corrected chi connectivity index (χ1v) is 10.2. The second-order valence-corrected chi connectivity index (χ2v) is 7.61. The highest BCUT2D eigenvalue weighted by molar-refractivity contribution is 6.30. The summed E-state index contributed by atoms with van der Waals surface area (Å²) in [6.45, 7) is 0.677. The summed E-state index contributed by atoms with van der Waals surface area (Å²) in [4.78, 5) is 19.6. The molecule has 0 radical (unpaired) electrons. The van der Waals surface area contributed by atoms with E-state index in [1.807, 2.05) is 47.4 Å². The number of hydrogen-bond donors (Lipinski definition) is 0. The number of para-hydroxylation sites is 1. The number of nitrogens with zero attached hydrogens (tertiary/aromatic N) is 2. The Labute approximate surface area is 175 Å². The van der Waals surface area contributed by atoms with E-state index in [1.54, 1.807) is 19.4 Å². The number of likely N-dealkylation sites (tertiary alicyclic amines) is 1. The predicted octanol–water partition coefficient (Wildman–Crippen LogP) is 5.29. The number of amides is 1. The molecule has 6 heteroatoms. The lowest BCUT2D eigenvalue weighted by Crippen LogP contribution is -2.38. The first kappa shape index (κ1) is 19.5. The number of carbonyl (C=O) groups excluding carboxylic acids is 1. The molecule has 1 amide bonds. The zero-order valence-electron chi connectivity index (χ0n) is 16.3. The number of rotatable bonds is 5. The maximum Gasteiger partial charge on any atom is 0.258 e. The fraction of sp³-hybridized carbons (Fsp3) is 0.304. The van der Waals surface area contributed by atoms with Gasteiger partial charge < -0.3 is 14.1 Å². The van der Waals surface area contributed by atoms with Gasteiger partial charge in [-0.05, 0) is 49.1 Å². The van der Waals surface area contributed by atoms with Crippen LogP contribution in [-0.4, -0.2) is 29.4 Å². The Kier molecular flexibility index (Phi) is 5.86. The first-order chi connectivity index (χ1) is 14.2. The lowest BCUT2D eigenvalue weighted by molar-refractivity contribution is 0.0566. The molecule has 2 aromatic carbocycles. The van der Waals surface area contributed by atoms with Crippen LogP contribution in [0.2, 0.25) is 5.02 Å². The Balaban J connectivity index is 1.55. The smallest absolute Gasteiger partial charge is 0.258 e. The van der Waals surface area contributed by atoms with Crippen molar-refractivity contribution in [3.05, 3.63) is 82.5 Å². The molecule has 150 valence electrons. The molecule has 1 aliphatic heterocycles. The molecule has 2 heterocycles. The van der Waals surface area contributed by atoms with Crippen molar-refractivity contribution in [2.45, 2.75) is 31.7 Å². The van der Waals surface area contributed by atoms with Gasteiger partial charge >= 0.3 is 0 Å². The van der Waals surface area contributed by atoms with Gasteiger partial charge in [-0.2, -0.15) is 0 Å². The van der Waals surface area contributed by atoms with Crippen LogP contribution in [0.3, 0.4) is 0 Å². The standard InChI is InChI=1S/C23H23ClN2O3/c1-28-21-8-3-2-6-19(21)23(27)26-13-5-4-7-20(26)22-25-15-18(29-22)14-16-9-11-17(24)12-10-16/h2-3,6,8-12,15,20H,4-5,7,13-14H2,1H3. The van der Waals surface area contributed by atoms with Crippen LogP contribution in [-0.2, 0) is 6.42 Å². The van der Waals surface area contributed by atoms with E-state index < -0.39 is 0 Å². The number of methoxy groups -OCH3 is 1. The van der Waals surface area contributed by atoms with Gasteiger partial charge in [0.1, 0.15) is 17.6 Å². The van der Waals surface area contributed by atoms with Crippen LogP contribution >= 0.6 is 11.6 Å². The number of ether oxygens (including phenoxy) is 1.